The number of halogens is 1. The van der Waals surface area contributed by atoms with E-state index in [1.165, 1.54) is 25.7 Å². The lowest BCUT2D eigenvalue weighted by molar-refractivity contribution is -0.147. The van der Waals surface area contributed by atoms with Crippen molar-refractivity contribution in [3.63, 3.8) is 0 Å². The van der Waals surface area contributed by atoms with Crippen molar-refractivity contribution >= 4 is 18.3 Å². The summed E-state index contributed by atoms with van der Waals surface area (Å²) in [5, 5.41) is 6.41. The Morgan fingerprint density at radius 1 is 1.21 bits per heavy atom. The van der Waals surface area contributed by atoms with Crippen molar-refractivity contribution in [2.24, 2.45) is 5.41 Å². The van der Waals surface area contributed by atoms with Crippen LogP contribution < -0.4 is 10.6 Å². The molecule has 1 saturated heterocycles. The van der Waals surface area contributed by atoms with Crippen LogP contribution in [0.3, 0.4) is 0 Å². The molecule has 0 aromatic heterocycles. The van der Waals surface area contributed by atoms with Crippen molar-refractivity contribution in [3.8, 4) is 0 Å². The summed E-state index contributed by atoms with van der Waals surface area (Å²) >= 11 is 0. The van der Waals surface area contributed by atoms with E-state index < -0.39 is 5.60 Å². The molecule has 0 spiro atoms. The van der Waals surface area contributed by atoms with Crippen molar-refractivity contribution in [1.82, 2.24) is 10.6 Å². The molecule has 2 aliphatic rings. The first-order valence-corrected chi connectivity index (χ1v) is 7.14. The summed E-state index contributed by atoms with van der Waals surface area (Å²) < 4.78 is 5.54. The van der Waals surface area contributed by atoms with Gasteiger partial charge in [-0.1, -0.05) is 19.8 Å². The largest absolute Gasteiger partial charge is 0.368 e. The molecular formula is C14H27ClN2O2. The van der Waals surface area contributed by atoms with Gasteiger partial charge >= 0.3 is 0 Å². The number of ether oxygens (including phenoxy) is 1. The molecule has 2 N–H and O–H groups in total. The summed E-state index contributed by atoms with van der Waals surface area (Å²) in [4.78, 5) is 12.4. The van der Waals surface area contributed by atoms with E-state index in [1.54, 1.807) is 7.11 Å². The van der Waals surface area contributed by atoms with Crippen LogP contribution in [0.4, 0.5) is 0 Å². The topological polar surface area (TPSA) is 50.4 Å². The van der Waals surface area contributed by atoms with Crippen molar-refractivity contribution in [2.45, 2.75) is 51.0 Å². The predicted octanol–water partition coefficient (Wildman–Crippen LogP) is 1.87. The SMILES string of the molecule is COC1(C(=O)NCC2(C)CCCC2)CCNCC1.Cl. The standard InChI is InChI=1S/C14H26N2O2.ClH/c1-13(5-3-4-6-13)11-16-12(17)14(18-2)7-9-15-10-8-14;/h15H,3-11H2,1-2H3,(H,16,17);1H. The highest BCUT2D eigenvalue weighted by Crippen LogP contribution is 2.37. The number of amides is 1. The molecule has 112 valence electrons. The molecule has 0 bridgehead atoms. The van der Waals surface area contributed by atoms with Crippen molar-refractivity contribution in [2.75, 3.05) is 26.7 Å². The Kier molecular flexibility index (Phi) is 6.09. The van der Waals surface area contributed by atoms with Gasteiger partial charge in [-0.3, -0.25) is 4.79 Å². The highest BCUT2D eigenvalue weighted by atomic mass is 35.5. The maximum Gasteiger partial charge on any atom is 0.252 e. The fraction of sp³-hybridized carbons (Fsp3) is 0.929. The van der Waals surface area contributed by atoms with Crippen LogP contribution in [0.25, 0.3) is 0 Å². The van der Waals surface area contributed by atoms with Crippen LogP contribution >= 0.6 is 12.4 Å². The van der Waals surface area contributed by atoms with Crippen LogP contribution in [0.15, 0.2) is 0 Å². The fourth-order valence-electron chi connectivity index (χ4n) is 3.21. The van der Waals surface area contributed by atoms with Crippen molar-refractivity contribution in [1.29, 1.82) is 0 Å². The molecule has 4 nitrogen and oxygen atoms in total. The van der Waals surface area contributed by atoms with Gasteiger partial charge in [0.2, 0.25) is 0 Å². The molecular weight excluding hydrogens is 264 g/mol. The van der Waals surface area contributed by atoms with Crippen LogP contribution in [0.1, 0.15) is 45.4 Å². The third-order valence-electron chi connectivity index (χ3n) is 4.70. The quantitative estimate of drug-likeness (QED) is 0.831. The van der Waals surface area contributed by atoms with E-state index in [-0.39, 0.29) is 18.3 Å². The Morgan fingerprint density at radius 3 is 2.32 bits per heavy atom. The summed E-state index contributed by atoms with van der Waals surface area (Å²) in [6.07, 6.45) is 6.60. The van der Waals surface area contributed by atoms with Gasteiger partial charge in [0.25, 0.3) is 5.91 Å². The van der Waals surface area contributed by atoms with E-state index in [0.29, 0.717) is 5.41 Å². The first-order chi connectivity index (χ1) is 8.60. The molecule has 5 heteroatoms. The number of hydrogen-bond donors (Lipinski definition) is 2. The van der Waals surface area contributed by atoms with Crippen LogP contribution in [-0.4, -0.2) is 38.3 Å². The molecule has 0 radical (unpaired) electrons. The average molecular weight is 291 g/mol. The molecule has 2 rings (SSSR count). The predicted molar refractivity (Wildman–Crippen MR) is 78.7 cm³/mol. The lowest BCUT2D eigenvalue weighted by atomic mass is 9.87. The van der Waals surface area contributed by atoms with Gasteiger partial charge in [0.15, 0.2) is 0 Å². The van der Waals surface area contributed by atoms with Gasteiger partial charge in [-0.2, -0.15) is 0 Å². The third kappa shape index (κ3) is 3.83. The molecule has 2 fully saturated rings. The minimum absolute atomic E-state index is 0. The Balaban J connectivity index is 0.00000180. The highest BCUT2D eigenvalue weighted by molar-refractivity contribution is 5.85. The summed E-state index contributed by atoms with van der Waals surface area (Å²) in [5.74, 6) is 0.0830. The summed E-state index contributed by atoms with van der Waals surface area (Å²) in [5.41, 5.74) is -0.294. The summed E-state index contributed by atoms with van der Waals surface area (Å²) in [7, 11) is 1.65. The van der Waals surface area contributed by atoms with Gasteiger partial charge in [-0.25, -0.2) is 0 Å². The maximum atomic E-state index is 12.4. The van der Waals surface area contributed by atoms with Gasteiger partial charge < -0.3 is 15.4 Å². The van der Waals surface area contributed by atoms with Crippen LogP contribution in [-0.2, 0) is 9.53 Å². The van der Waals surface area contributed by atoms with Crippen molar-refractivity contribution < 1.29 is 9.53 Å². The van der Waals surface area contributed by atoms with Gasteiger partial charge in [-0.15, -0.1) is 12.4 Å². The van der Waals surface area contributed by atoms with E-state index >= 15 is 0 Å². The second kappa shape index (κ2) is 6.91. The number of piperidine rings is 1. The minimum Gasteiger partial charge on any atom is -0.368 e. The summed E-state index contributed by atoms with van der Waals surface area (Å²) in [6.45, 7) is 4.80. The van der Waals surface area contributed by atoms with E-state index in [9.17, 15) is 4.79 Å². The zero-order valence-corrected chi connectivity index (χ0v) is 12.9. The van der Waals surface area contributed by atoms with E-state index in [1.807, 2.05) is 0 Å². The van der Waals surface area contributed by atoms with Gasteiger partial charge in [-0.05, 0) is 44.2 Å². The fourth-order valence-corrected chi connectivity index (χ4v) is 3.21. The number of carbonyl (C=O) groups excluding carboxylic acids is 1. The Morgan fingerprint density at radius 2 is 1.79 bits per heavy atom. The van der Waals surface area contributed by atoms with Crippen molar-refractivity contribution in [3.05, 3.63) is 0 Å². The molecule has 1 saturated carbocycles. The average Bonchev–Trinajstić information content (AvgIpc) is 2.84. The number of carbonyl (C=O) groups is 1. The zero-order valence-electron chi connectivity index (χ0n) is 12.1. The molecule has 1 aliphatic heterocycles. The molecule has 0 atom stereocenters. The van der Waals surface area contributed by atoms with Crippen LogP contribution in [0.5, 0.6) is 0 Å². The van der Waals surface area contributed by atoms with Crippen LogP contribution in [0.2, 0.25) is 0 Å². The van der Waals surface area contributed by atoms with E-state index in [0.717, 1.165) is 32.5 Å². The molecule has 1 aliphatic carbocycles. The summed E-state index contributed by atoms with van der Waals surface area (Å²) in [6, 6.07) is 0. The molecule has 0 unspecified atom stereocenters. The molecule has 0 aromatic rings. The zero-order chi connectivity index (χ0) is 13.1. The minimum atomic E-state index is -0.597. The van der Waals surface area contributed by atoms with E-state index in [4.69, 9.17) is 4.74 Å². The lowest BCUT2D eigenvalue weighted by Gasteiger charge is -2.36. The maximum absolute atomic E-state index is 12.4. The first kappa shape index (κ1) is 16.7. The molecule has 19 heavy (non-hydrogen) atoms. The van der Waals surface area contributed by atoms with Crippen LogP contribution in [0, 0.1) is 5.41 Å². The normalized spacial score (nSPS) is 24.5. The smallest absolute Gasteiger partial charge is 0.252 e. The number of nitrogens with one attached hydrogen (secondary N) is 2. The second-order valence-corrected chi connectivity index (χ2v) is 6.15. The monoisotopic (exact) mass is 290 g/mol. The molecule has 1 heterocycles. The van der Waals surface area contributed by atoms with E-state index in [2.05, 4.69) is 17.6 Å². The Labute approximate surface area is 122 Å². The third-order valence-corrected chi connectivity index (χ3v) is 4.70. The number of hydrogen-bond acceptors (Lipinski definition) is 3. The highest BCUT2D eigenvalue weighted by Gasteiger charge is 2.40. The Hall–Kier alpha value is -0.320. The number of rotatable bonds is 4. The first-order valence-electron chi connectivity index (χ1n) is 7.14. The lowest BCUT2D eigenvalue weighted by Crippen LogP contribution is -2.55. The Bertz CT molecular complexity index is 298. The molecule has 1 amide bonds. The van der Waals surface area contributed by atoms with Gasteiger partial charge in [0, 0.05) is 13.7 Å². The van der Waals surface area contributed by atoms with Gasteiger partial charge in [0.1, 0.15) is 5.60 Å². The molecule has 0 aromatic carbocycles. The van der Waals surface area contributed by atoms with Gasteiger partial charge in [0.05, 0.1) is 0 Å². The second-order valence-electron chi connectivity index (χ2n) is 6.15. The number of methoxy groups -OCH3 is 1.